The molecule has 1 saturated carbocycles. The van der Waals surface area contributed by atoms with Crippen molar-refractivity contribution in [3.05, 3.63) is 24.0 Å². The first-order chi connectivity index (χ1) is 9.26. The molecule has 1 aromatic carbocycles. The minimum absolute atomic E-state index is 0.496. The molecule has 4 heteroatoms. The number of aryl methyl sites for hydroxylation is 1. The lowest BCUT2D eigenvalue weighted by Gasteiger charge is -2.16. The van der Waals surface area contributed by atoms with Crippen molar-refractivity contribution in [2.75, 3.05) is 13.0 Å². The number of methoxy groups -OCH3 is 1. The summed E-state index contributed by atoms with van der Waals surface area (Å²) in [6.45, 7) is 2.29. The van der Waals surface area contributed by atoms with Crippen LogP contribution in [0.4, 0.5) is 0 Å². The Hall–Kier alpha value is -1.22. The quantitative estimate of drug-likeness (QED) is 0.778. The van der Waals surface area contributed by atoms with Gasteiger partial charge in [-0.25, -0.2) is 4.98 Å². The van der Waals surface area contributed by atoms with Crippen molar-refractivity contribution < 1.29 is 4.74 Å². The fourth-order valence-corrected chi connectivity index (χ4v) is 2.98. The van der Waals surface area contributed by atoms with Crippen molar-refractivity contribution in [1.82, 2.24) is 9.55 Å². The molecule has 3 rings (SSSR count). The summed E-state index contributed by atoms with van der Waals surface area (Å²) in [5.74, 6) is 3.31. The zero-order valence-electron chi connectivity index (χ0n) is 11.4. The van der Waals surface area contributed by atoms with E-state index in [0.29, 0.717) is 11.9 Å². The second-order valence-electron chi connectivity index (χ2n) is 5.24. The van der Waals surface area contributed by atoms with Crippen LogP contribution in [0.3, 0.4) is 0 Å². The summed E-state index contributed by atoms with van der Waals surface area (Å²) in [6.07, 6.45) is 3.45. The van der Waals surface area contributed by atoms with Crippen LogP contribution in [-0.2, 0) is 6.42 Å². The van der Waals surface area contributed by atoms with Gasteiger partial charge >= 0.3 is 0 Å². The van der Waals surface area contributed by atoms with E-state index in [-0.39, 0.29) is 0 Å². The van der Waals surface area contributed by atoms with Gasteiger partial charge in [-0.3, -0.25) is 0 Å². The molecule has 2 aromatic rings. The molecule has 0 bridgehead atoms. The van der Waals surface area contributed by atoms with E-state index < -0.39 is 0 Å². The van der Waals surface area contributed by atoms with Gasteiger partial charge in [-0.2, -0.15) is 0 Å². The van der Waals surface area contributed by atoms with E-state index >= 15 is 0 Å². The summed E-state index contributed by atoms with van der Waals surface area (Å²) in [7, 11) is 1.69. The molecular formula is C15H19ClN2O. The molecule has 0 spiro atoms. The van der Waals surface area contributed by atoms with Gasteiger partial charge in [0.1, 0.15) is 17.1 Å². The number of nitrogens with zero attached hydrogens (tertiary/aromatic N) is 2. The summed E-state index contributed by atoms with van der Waals surface area (Å²) >= 11 is 5.92. The van der Waals surface area contributed by atoms with Gasteiger partial charge in [0.15, 0.2) is 0 Å². The lowest BCUT2D eigenvalue weighted by molar-refractivity contribution is 0.419. The topological polar surface area (TPSA) is 27.1 Å². The van der Waals surface area contributed by atoms with Crippen molar-refractivity contribution in [3.63, 3.8) is 0 Å². The van der Waals surface area contributed by atoms with E-state index in [2.05, 4.69) is 17.6 Å². The van der Waals surface area contributed by atoms with E-state index in [1.165, 1.54) is 18.4 Å². The first-order valence-corrected chi connectivity index (χ1v) is 7.39. The summed E-state index contributed by atoms with van der Waals surface area (Å²) in [5, 5.41) is 0. The van der Waals surface area contributed by atoms with E-state index in [1.807, 2.05) is 12.1 Å². The maximum atomic E-state index is 5.92. The molecule has 0 N–H and O–H groups in total. The summed E-state index contributed by atoms with van der Waals surface area (Å²) < 4.78 is 7.78. The Morgan fingerprint density at radius 1 is 1.47 bits per heavy atom. The molecule has 0 saturated heterocycles. The monoisotopic (exact) mass is 278 g/mol. The fraction of sp³-hybridized carbons (Fsp3) is 0.533. The molecule has 0 aliphatic heterocycles. The van der Waals surface area contributed by atoms with Crippen LogP contribution in [0.15, 0.2) is 18.2 Å². The number of fused-ring (bicyclic) bond motifs is 1. The van der Waals surface area contributed by atoms with Gasteiger partial charge in [-0.05, 0) is 37.8 Å². The summed E-state index contributed by atoms with van der Waals surface area (Å²) in [4.78, 5) is 4.76. The second kappa shape index (κ2) is 5.04. The van der Waals surface area contributed by atoms with Crippen LogP contribution in [0.5, 0.6) is 5.75 Å². The van der Waals surface area contributed by atoms with Gasteiger partial charge in [0.25, 0.3) is 0 Å². The second-order valence-corrected chi connectivity index (χ2v) is 5.62. The Bertz CT molecular complexity index is 589. The van der Waals surface area contributed by atoms with Gasteiger partial charge in [-0.15, -0.1) is 11.6 Å². The Morgan fingerprint density at radius 2 is 2.26 bits per heavy atom. The highest BCUT2D eigenvalue weighted by Gasteiger charge is 2.31. The van der Waals surface area contributed by atoms with Crippen LogP contribution in [-0.4, -0.2) is 22.5 Å². The number of halogens is 1. The number of rotatable bonds is 5. The molecule has 102 valence electrons. The zero-order valence-corrected chi connectivity index (χ0v) is 12.2. The first-order valence-electron chi connectivity index (χ1n) is 6.86. The number of aromatic nitrogens is 2. The number of hydrogen-bond acceptors (Lipinski definition) is 2. The standard InChI is InChI=1S/C15H19ClN2O/c1-10(11-6-7-11)18-12-4-3-5-13(19-2)15(12)17-14(18)8-9-16/h3-5,10-11H,6-9H2,1-2H3. The maximum absolute atomic E-state index is 5.92. The molecule has 0 radical (unpaired) electrons. The van der Waals surface area contributed by atoms with Crippen LogP contribution in [0, 0.1) is 5.92 Å². The molecule has 1 atom stereocenters. The predicted octanol–water partition coefficient (Wildman–Crippen LogP) is 3.80. The van der Waals surface area contributed by atoms with E-state index in [4.69, 9.17) is 21.3 Å². The van der Waals surface area contributed by atoms with E-state index in [1.54, 1.807) is 7.11 Å². The molecule has 0 amide bonds. The number of para-hydroxylation sites is 1. The Kier molecular flexibility index (Phi) is 3.40. The van der Waals surface area contributed by atoms with Crippen molar-refractivity contribution in [2.24, 2.45) is 5.92 Å². The third-order valence-corrected chi connectivity index (χ3v) is 4.19. The normalized spacial score (nSPS) is 16.8. The van der Waals surface area contributed by atoms with Crippen molar-refractivity contribution in [1.29, 1.82) is 0 Å². The lowest BCUT2D eigenvalue weighted by atomic mass is 10.2. The largest absolute Gasteiger partial charge is 0.494 e. The third-order valence-electron chi connectivity index (χ3n) is 4.01. The third kappa shape index (κ3) is 2.20. The highest BCUT2D eigenvalue weighted by atomic mass is 35.5. The van der Waals surface area contributed by atoms with Crippen molar-refractivity contribution in [3.8, 4) is 5.75 Å². The van der Waals surface area contributed by atoms with Gasteiger partial charge in [-0.1, -0.05) is 6.07 Å². The Labute approximate surface area is 118 Å². The zero-order chi connectivity index (χ0) is 13.4. The number of hydrogen-bond donors (Lipinski definition) is 0. The first kappa shape index (κ1) is 12.8. The molecule has 3 nitrogen and oxygen atoms in total. The smallest absolute Gasteiger partial charge is 0.146 e. The summed E-state index contributed by atoms with van der Waals surface area (Å²) in [5.41, 5.74) is 2.12. The minimum Gasteiger partial charge on any atom is -0.494 e. The SMILES string of the molecule is COc1cccc2c1nc(CCCl)n2C(C)C1CC1. The number of ether oxygens (including phenoxy) is 1. The van der Waals surface area contributed by atoms with Crippen LogP contribution in [0.1, 0.15) is 31.6 Å². The average molecular weight is 279 g/mol. The average Bonchev–Trinajstić information content (AvgIpc) is 3.19. The van der Waals surface area contributed by atoms with Crippen molar-refractivity contribution in [2.45, 2.75) is 32.2 Å². The lowest BCUT2D eigenvalue weighted by Crippen LogP contribution is -2.11. The highest BCUT2D eigenvalue weighted by molar-refractivity contribution is 6.17. The van der Waals surface area contributed by atoms with Gasteiger partial charge < -0.3 is 9.30 Å². The molecule has 19 heavy (non-hydrogen) atoms. The Balaban J connectivity index is 2.17. The fourth-order valence-electron chi connectivity index (χ4n) is 2.81. The van der Waals surface area contributed by atoms with Crippen LogP contribution in [0.2, 0.25) is 0 Å². The molecule has 1 fully saturated rings. The predicted molar refractivity (Wildman–Crippen MR) is 78.1 cm³/mol. The Morgan fingerprint density at radius 3 is 2.89 bits per heavy atom. The van der Waals surface area contributed by atoms with Crippen LogP contribution < -0.4 is 4.74 Å². The molecule has 1 aliphatic rings. The molecular weight excluding hydrogens is 260 g/mol. The molecule has 1 unspecified atom stereocenters. The van der Waals surface area contributed by atoms with Gasteiger partial charge in [0.2, 0.25) is 0 Å². The number of benzene rings is 1. The highest BCUT2D eigenvalue weighted by Crippen LogP contribution is 2.42. The maximum Gasteiger partial charge on any atom is 0.146 e. The van der Waals surface area contributed by atoms with Crippen LogP contribution in [0.25, 0.3) is 11.0 Å². The molecule has 1 aliphatic carbocycles. The minimum atomic E-state index is 0.496. The van der Waals surface area contributed by atoms with Gasteiger partial charge in [0, 0.05) is 18.3 Å². The van der Waals surface area contributed by atoms with Crippen molar-refractivity contribution >= 4 is 22.6 Å². The summed E-state index contributed by atoms with van der Waals surface area (Å²) in [6, 6.07) is 6.62. The van der Waals surface area contributed by atoms with E-state index in [9.17, 15) is 0 Å². The number of imidazole rings is 1. The molecule has 1 aromatic heterocycles. The number of alkyl halides is 1. The molecule has 1 heterocycles. The van der Waals surface area contributed by atoms with E-state index in [0.717, 1.165) is 29.4 Å². The van der Waals surface area contributed by atoms with Gasteiger partial charge in [0.05, 0.1) is 12.6 Å². The van der Waals surface area contributed by atoms with Crippen LogP contribution >= 0.6 is 11.6 Å².